The fourth-order valence-electron chi connectivity index (χ4n) is 5.02. The molecule has 4 atom stereocenters. The zero-order chi connectivity index (χ0) is 20.2. The van der Waals surface area contributed by atoms with Crippen LogP contribution in [0.4, 0.5) is 0 Å². The number of thioether (sulfide) groups is 1. The topological polar surface area (TPSA) is 69.0 Å². The number of nitrogens with zero attached hydrogens (tertiary/aromatic N) is 3. The van der Waals surface area contributed by atoms with Crippen molar-refractivity contribution in [3.8, 4) is 11.4 Å². The van der Waals surface area contributed by atoms with E-state index in [0.29, 0.717) is 24.8 Å². The summed E-state index contributed by atoms with van der Waals surface area (Å²) in [7, 11) is 1.68. The van der Waals surface area contributed by atoms with E-state index in [0.717, 1.165) is 28.4 Å². The normalized spacial score (nSPS) is 24.0. The molecule has 1 amide bonds. The second kappa shape index (κ2) is 9.30. The number of aromatic nitrogens is 3. The second-order valence-corrected chi connectivity index (χ2v) is 9.24. The van der Waals surface area contributed by atoms with Crippen LogP contribution in [0.5, 0.6) is 0 Å². The molecule has 1 aromatic carbocycles. The van der Waals surface area contributed by atoms with Crippen LogP contribution in [0.2, 0.25) is 0 Å². The zero-order valence-corrected chi connectivity index (χ0v) is 18.0. The summed E-state index contributed by atoms with van der Waals surface area (Å²) < 4.78 is 7.29. The summed E-state index contributed by atoms with van der Waals surface area (Å²) in [6.45, 7) is 3.39. The van der Waals surface area contributed by atoms with Crippen LogP contribution in [0.3, 0.4) is 0 Å². The van der Waals surface area contributed by atoms with E-state index in [1.54, 1.807) is 7.11 Å². The lowest BCUT2D eigenvalue weighted by molar-refractivity contribution is -0.119. The Bertz CT molecular complexity index is 825. The molecule has 0 unspecified atom stereocenters. The summed E-state index contributed by atoms with van der Waals surface area (Å²) in [4.78, 5) is 12.6. The lowest BCUT2D eigenvalue weighted by Gasteiger charge is -2.28. The van der Waals surface area contributed by atoms with Crippen molar-refractivity contribution in [2.75, 3.05) is 19.5 Å². The molecule has 0 saturated heterocycles. The van der Waals surface area contributed by atoms with Crippen LogP contribution in [0, 0.1) is 17.8 Å². The van der Waals surface area contributed by atoms with E-state index < -0.39 is 0 Å². The van der Waals surface area contributed by atoms with Gasteiger partial charge in [0.05, 0.1) is 18.9 Å². The van der Waals surface area contributed by atoms with Gasteiger partial charge in [0, 0.05) is 18.7 Å². The first kappa shape index (κ1) is 20.4. The van der Waals surface area contributed by atoms with E-state index in [-0.39, 0.29) is 11.9 Å². The van der Waals surface area contributed by atoms with Crippen LogP contribution in [-0.4, -0.2) is 46.2 Å². The number of carbonyl (C=O) groups is 1. The summed E-state index contributed by atoms with van der Waals surface area (Å²) >= 11 is 1.44. The number of nitrogens with one attached hydrogen (secondary N) is 1. The Morgan fingerprint density at radius 1 is 1.28 bits per heavy atom. The molecule has 1 heterocycles. The molecule has 1 aromatic heterocycles. The first-order valence-electron chi connectivity index (χ1n) is 10.6. The van der Waals surface area contributed by atoms with E-state index in [1.165, 1.54) is 37.4 Å². The van der Waals surface area contributed by atoms with Crippen molar-refractivity contribution in [3.05, 3.63) is 30.3 Å². The molecule has 4 rings (SSSR count). The van der Waals surface area contributed by atoms with Gasteiger partial charge in [-0.25, -0.2) is 0 Å². The maximum Gasteiger partial charge on any atom is 0.230 e. The van der Waals surface area contributed by atoms with Gasteiger partial charge < -0.3 is 10.1 Å². The van der Waals surface area contributed by atoms with E-state index in [2.05, 4.69) is 22.4 Å². The van der Waals surface area contributed by atoms with Gasteiger partial charge >= 0.3 is 0 Å². The molecule has 0 aliphatic heterocycles. The fraction of sp³-hybridized carbons (Fsp3) is 0.591. The molecule has 1 N–H and O–H groups in total. The minimum atomic E-state index is 0.0767. The molecule has 2 fully saturated rings. The first-order chi connectivity index (χ1) is 14.2. The molecule has 6 nitrogen and oxygen atoms in total. The Hall–Kier alpha value is -1.86. The number of rotatable bonds is 9. The third-order valence-corrected chi connectivity index (χ3v) is 7.39. The SMILES string of the molecule is COCCn1c(SCC(=O)N[C@H](C)[C@H]2C[C@H]3CC[C@H]2C3)nnc1-c1ccccc1. The molecule has 0 spiro atoms. The summed E-state index contributed by atoms with van der Waals surface area (Å²) in [6, 6.07) is 10.3. The Morgan fingerprint density at radius 2 is 2.10 bits per heavy atom. The number of carbonyl (C=O) groups excluding carboxylic acids is 1. The average Bonchev–Trinajstić information content (AvgIpc) is 3.47. The van der Waals surface area contributed by atoms with Crippen LogP contribution in [0.15, 0.2) is 35.5 Å². The number of methoxy groups -OCH3 is 1. The molecule has 2 aliphatic carbocycles. The smallest absolute Gasteiger partial charge is 0.230 e. The van der Waals surface area contributed by atoms with Gasteiger partial charge in [0.25, 0.3) is 0 Å². The molecule has 29 heavy (non-hydrogen) atoms. The van der Waals surface area contributed by atoms with E-state index in [1.807, 2.05) is 34.9 Å². The average molecular weight is 415 g/mol. The molecular weight excluding hydrogens is 384 g/mol. The van der Waals surface area contributed by atoms with Crippen molar-refractivity contribution in [3.63, 3.8) is 0 Å². The van der Waals surface area contributed by atoms with Crippen molar-refractivity contribution in [1.29, 1.82) is 0 Å². The van der Waals surface area contributed by atoms with Crippen molar-refractivity contribution in [2.45, 2.75) is 50.4 Å². The lowest BCUT2D eigenvalue weighted by Crippen LogP contribution is -2.40. The van der Waals surface area contributed by atoms with Gasteiger partial charge in [0.1, 0.15) is 0 Å². The summed E-state index contributed by atoms with van der Waals surface area (Å²) in [5.74, 6) is 3.60. The standard InChI is InChI=1S/C22H30N4O2S/c1-15(19-13-16-8-9-18(19)12-16)23-20(27)14-29-22-25-24-21(26(22)10-11-28-2)17-6-4-3-5-7-17/h3-7,15-16,18-19H,8-14H2,1-2H3,(H,23,27)/t15-,16+,18+,19-/m1/s1. The monoisotopic (exact) mass is 414 g/mol. The zero-order valence-electron chi connectivity index (χ0n) is 17.2. The van der Waals surface area contributed by atoms with Gasteiger partial charge in [-0.3, -0.25) is 9.36 Å². The van der Waals surface area contributed by atoms with Crippen molar-refractivity contribution < 1.29 is 9.53 Å². The van der Waals surface area contributed by atoms with Crippen LogP contribution >= 0.6 is 11.8 Å². The minimum Gasteiger partial charge on any atom is -0.383 e. The van der Waals surface area contributed by atoms with E-state index in [4.69, 9.17) is 4.74 Å². The highest BCUT2D eigenvalue weighted by Gasteiger charge is 2.42. The molecule has 0 radical (unpaired) electrons. The highest BCUT2D eigenvalue weighted by atomic mass is 32.2. The van der Waals surface area contributed by atoms with Gasteiger partial charge in [-0.1, -0.05) is 48.5 Å². The largest absolute Gasteiger partial charge is 0.383 e. The number of hydrogen-bond donors (Lipinski definition) is 1. The van der Waals surface area contributed by atoms with Crippen LogP contribution in [-0.2, 0) is 16.1 Å². The number of ether oxygens (including phenoxy) is 1. The number of benzene rings is 1. The second-order valence-electron chi connectivity index (χ2n) is 8.30. The Labute approximate surface area is 176 Å². The van der Waals surface area contributed by atoms with Gasteiger partial charge in [0.2, 0.25) is 5.91 Å². The lowest BCUT2D eigenvalue weighted by atomic mass is 9.84. The van der Waals surface area contributed by atoms with Gasteiger partial charge in [0.15, 0.2) is 11.0 Å². The maximum absolute atomic E-state index is 12.6. The molecule has 2 bridgehead atoms. The Kier molecular flexibility index (Phi) is 6.55. The van der Waals surface area contributed by atoms with Gasteiger partial charge in [-0.05, 0) is 43.9 Å². The molecule has 156 valence electrons. The maximum atomic E-state index is 12.6. The number of fused-ring (bicyclic) bond motifs is 2. The van der Waals surface area contributed by atoms with Gasteiger partial charge in [-0.2, -0.15) is 0 Å². The molecule has 2 aromatic rings. The van der Waals surface area contributed by atoms with Crippen molar-refractivity contribution in [2.24, 2.45) is 17.8 Å². The van der Waals surface area contributed by atoms with Gasteiger partial charge in [-0.15, -0.1) is 10.2 Å². The van der Waals surface area contributed by atoms with E-state index >= 15 is 0 Å². The highest BCUT2D eigenvalue weighted by molar-refractivity contribution is 7.99. The summed E-state index contributed by atoms with van der Waals surface area (Å²) in [5.41, 5.74) is 1.01. The summed E-state index contributed by atoms with van der Waals surface area (Å²) in [5, 5.41) is 12.7. The van der Waals surface area contributed by atoms with Crippen LogP contribution < -0.4 is 5.32 Å². The quantitative estimate of drug-likeness (QED) is 0.635. The first-order valence-corrected chi connectivity index (χ1v) is 11.5. The van der Waals surface area contributed by atoms with Crippen molar-refractivity contribution in [1.82, 2.24) is 20.1 Å². The van der Waals surface area contributed by atoms with E-state index in [9.17, 15) is 4.79 Å². The molecule has 7 heteroatoms. The predicted octanol–water partition coefficient (Wildman–Crippen LogP) is 3.62. The Morgan fingerprint density at radius 3 is 2.79 bits per heavy atom. The van der Waals surface area contributed by atoms with Crippen LogP contribution in [0.25, 0.3) is 11.4 Å². The van der Waals surface area contributed by atoms with Crippen molar-refractivity contribution >= 4 is 17.7 Å². The number of hydrogen-bond acceptors (Lipinski definition) is 5. The highest BCUT2D eigenvalue weighted by Crippen LogP contribution is 2.49. The molecule has 2 aliphatic rings. The van der Waals surface area contributed by atoms with Crippen LogP contribution in [0.1, 0.15) is 32.6 Å². The molecular formula is C22H30N4O2S. The summed E-state index contributed by atoms with van der Waals surface area (Å²) in [6.07, 6.45) is 5.38. The third kappa shape index (κ3) is 4.67. The predicted molar refractivity (Wildman–Crippen MR) is 115 cm³/mol. The Balaban J connectivity index is 1.37. The number of amides is 1. The molecule has 2 saturated carbocycles. The minimum absolute atomic E-state index is 0.0767. The third-order valence-electron chi connectivity index (χ3n) is 6.42. The fourth-order valence-corrected chi connectivity index (χ4v) is 5.80.